The third-order valence-electron chi connectivity index (χ3n) is 7.17. The van der Waals surface area contributed by atoms with Gasteiger partial charge in [0.1, 0.15) is 0 Å². The minimum atomic E-state index is -5.39. The maximum Gasteiger partial charge on any atom is -0.159 e. The van der Waals surface area contributed by atoms with Crippen LogP contribution >= 0.6 is 7.82 Å². The van der Waals surface area contributed by atoms with E-state index in [4.69, 9.17) is 19.2 Å². The quantitative estimate of drug-likeness (QED) is 0.304. The average molecular weight is 699 g/mol. The molecule has 44 heavy (non-hydrogen) atoms. The Balaban J connectivity index is 0.000000585. The van der Waals surface area contributed by atoms with Crippen LogP contribution < -0.4 is 19.7 Å². The molecule has 0 fully saturated rings. The molecule has 0 aliphatic heterocycles. The SMILES string of the molecule is CCc1cc[c]([Ca+])c(C(C)(C)C)c1.CCc1cc[c]([Ca+])c(C(C)(C)C)c1.CCc1cc[c]([Ca+])c(C(C)(C)C)c1.O=P([O-])([O-])[O-]. The number of hydrogen-bond acceptors (Lipinski definition) is 4. The minimum Gasteiger partial charge on any atom is -0.822 e. The summed E-state index contributed by atoms with van der Waals surface area (Å²) in [5.41, 5.74) is 9.90. The van der Waals surface area contributed by atoms with Crippen molar-refractivity contribution in [3.8, 4) is 0 Å². The molecule has 0 unspecified atom stereocenters. The minimum absolute atomic E-state index is 0.304. The van der Waals surface area contributed by atoms with Crippen molar-refractivity contribution in [3.63, 3.8) is 0 Å². The van der Waals surface area contributed by atoms with E-state index in [9.17, 15) is 0 Å². The fourth-order valence-electron chi connectivity index (χ4n) is 4.63. The van der Waals surface area contributed by atoms with E-state index in [0.717, 1.165) is 19.3 Å². The predicted molar refractivity (Wildman–Crippen MR) is 187 cm³/mol. The van der Waals surface area contributed by atoms with Crippen LogP contribution in [0.1, 0.15) is 116 Å². The van der Waals surface area contributed by atoms with Crippen LogP contribution in [0.15, 0.2) is 54.6 Å². The van der Waals surface area contributed by atoms with Gasteiger partial charge in [-0.25, -0.2) is 0 Å². The number of benzene rings is 3. The van der Waals surface area contributed by atoms with Gasteiger partial charge in [0.05, 0.1) is 0 Å². The van der Waals surface area contributed by atoms with E-state index >= 15 is 0 Å². The van der Waals surface area contributed by atoms with Crippen molar-refractivity contribution in [1.82, 2.24) is 0 Å². The van der Waals surface area contributed by atoms with Gasteiger partial charge in [-0.2, -0.15) is 7.82 Å². The maximum atomic E-state index is 8.55. The molecule has 0 N–H and O–H groups in total. The number of hydrogen-bond donors (Lipinski definition) is 0. The number of rotatable bonds is 3. The maximum absolute atomic E-state index is 8.55. The molecule has 4 nitrogen and oxygen atoms in total. The number of aryl methyl sites for hydroxylation is 3. The summed E-state index contributed by atoms with van der Waals surface area (Å²) in [5, 5.41) is 0. The summed E-state index contributed by atoms with van der Waals surface area (Å²) in [6.07, 6.45) is 3.43. The van der Waals surface area contributed by atoms with Gasteiger partial charge in [0.15, 0.2) is 0 Å². The monoisotopic (exact) mass is 698 g/mol. The van der Waals surface area contributed by atoms with E-state index in [-0.39, 0.29) is 0 Å². The molecule has 0 saturated heterocycles. The predicted octanol–water partition coefficient (Wildman–Crippen LogP) is 4.20. The summed E-state index contributed by atoms with van der Waals surface area (Å²) < 4.78 is 13.1. The van der Waals surface area contributed by atoms with E-state index in [2.05, 4.69) is 138 Å². The topological polar surface area (TPSA) is 86.2 Å². The first kappa shape index (κ1) is 45.5. The Labute approximate surface area is 340 Å². The van der Waals surface area contributed by atoms with Crippen LogP contribution in [0.4, 0.5) is 0 Å². The zero-order valence-electron chi connectivity index (χ0n) is 29.5. The second kappa shape index (κ2) is 20.3. The van der Waals surface area contributed by atoms with Crippen LogP contribution in [-0.2, 0) is 40.1 Å². The van der Waals surface area contributed by atoms with E-state index in [1.807, 2.05) is 0 Å². The van der Waals surface area contributed by atoms with Crippen LogP contribution in [0.25, 0.3) is 0 Å². The van der Waals surface area contributed by atoms with Crippen LogP contribution in [-0.4, -0.2) is 107 Å². The summed E-state index contributed by atoms with van der Waals surface area (Å²) in [4.78, 5) is 25.6. The average Bonchev–Trinajstić information content (AvgIpc) is 2.87. The van der Waals surface area contributed by atoms with Crippen molar-refractivity contribution in [2.75, 3.05) is 0 Å². The zero-order chi connectivity index (χ0) is 34.7. The first-order chi connectivity index (χ1) is 19.8. The molecule has 0 bridgehead atoms. The summed E-state index contributed by atoms with van der Waals surface area (Å²) >= 11 is 3.78. The van der Waals surface area contributed by atoms with E-state index in [1.54, 1.807) is 0 Å². The summed E-state index contributed by atoms with van der Waals surface area (Å²) in [6, 6.07) is 20.8. The van der Waals surface area contributed by atoms with Crippen molar-refractivity contribution in [1.29, 1.82) is 0 Å². The molecule has 0 atom stereocenters. The molecule has 0 heterocycles. The molecule has 0 spiro atoms. The van der Waals surface area contributed by atoms with Crippen LogP contribution in [0.3, 0.4) is 0 Å². The Bertz CT molecular complexity index is 1200. The standard InChI is InChI=1S/3C12H17.3Ca.H3O4P/c3*1-5-10-7-6-8-11(9-10)12(2,3)4;;;;1-5(2,3)4/h3*6-7,9H,5H2,1-4H3;;;;(H3,1,2,3,4)/q;;;3*+1;/p-3. The van der Waals surface area contributed by atoms with Crippen molar-refractivity contribution in [2.24, 2.45) is 0 Å². The molecule has 0 radical (unpaired) electrons. The van der Waals surface area contributed by atoms with Crippen LogP contribution in [0.5, 0.6) is 0 Å². The molecule has 0 aromatic heterocycles. The first-order valence-electron chi connectivity index (χ1n) is 15.4. The summed E-state index contributed by atoms with van der Waals surface area (Å²) in [7, 11) is -5.39. The molecule has 3 aromatic carbocycles. The number of phosphoric acid groups is 1. The van der Waals surface area contributed by atoms with Gasteiger partial charge >= 0.3 is 319 Å². The largest absolute Gasteiger partial charge is 0.822 e. The van der Waals surface area contributed by atoms with Gasteiger partial charge < -0.3 is 19.2 Å². The van der Waals surface area contributed by atoms with E-state index < -0.39 is 7.82 Å². The Morgan fingerprint density at radius 1 is 0.500 bits per heavy atom. The van der Waals surface area contributed by atoms with Crippen molar-refractivity contribution in [3.05, 3.63) is 88.0 Å². The second-order valence-corrected chi connectivity index (χ2v) is 18.7. The molecule has 0 saturated carbocycles. The molecule has 230 valence electrons. The van der Waals surface area contributed by atoms with Crippen LogP contribution in [0, 0.1) is 0 Å². The summed E-state index contributed by atoms with van der Waals surface area (Å²) in [5.74, 6) is 0. The molecular weight excluding hydrogens is 648 g/mol. The van der Waals surface area contributed by atoms with Gasteiger partial charge in [0, 0.05) is 0 Å². The Morgan fingerprint density at radius 2 is 0.682 bits per heavy atom. The molecule has 8 heteroatoms. The molecule has 0 aliphatic carbocycles. The van der Waals surface area contributed by atoms with Crippen molar-refractivity contribution < 1.29 is 19.2 Å². The van der Waals surface area contributed by atoms with Gasteiger partial charge in [-0.1, -0.05) is 0 Å². The third-order valence-corrected chi connectivity index (χ3v) is 10.1. The Morgan fingerprint density at radius 3 is 0.818 bits per heavy atom. The van der Waals surface area contributed by atoms with Gasteiger partial charge in [-0.3, -0.25) is 0 Å². The molecular formula is C36H51Ca3O4P. The summed E-state index contributed by atoms with van der Waals surface area (Å²) in [6.45, 7) is 27.3. The van der Waals surface area contributed by atoms with Gasteiger partial charge in [0.2, 0.25) is 0 Å². The van der Waals surface area contributed by atoms with E-state index in [0.29, 0.717) is 16.2 Å². The smallest absolute Gasteiger partial charge is 0.159 e. The van der Waals surface area contributed by atoms with Gasteiger partial charge in [-0.05, 0) is 0 Å². The Hall–Kier alpha value is 1.55. The van der Waals surface area contributed by atoms with Gasteiger partial charge in [0.25, 0.3) is 0 Å². The van der Waals surface area contributed by atoms with Gasteiger partial charge in [-0.15, -0.1) is 0 Å². The first-order valence-corrected chi connectivity index (χ1v) is 20.2. The zero-order valence-corrected chi connectivity index (χ0v) is 37.0. The van der Waals surface area contributed by atoms with E-state index in [1.165, 1.54) is 146 Å². The van der Waals surface area contributed by atoms with Crippen molar-refractivity contribution in [2.45, 2.75) is 119 Å². The second-order valence-electron chi connectivity index (χ2n) is 14.2. The molecule has 0 amide bonds. The fourth-order valence-corrected chi connectivity index (χ4v) is 8.14. The third kappa shape index (κ3) is 18.9. The molecule has 0 aliphatic rings. The molecule has 3 rings (SSSR count). The molecule has 3 aromatic rings. The van der Waals surface area contributed by atoms with Crippen molar-refractivity contribution >= 4 is 120 Å². The van der Waals surface area contributed by atoms with Crippen LogP contribution in [0.2, 0.25) is 0 Å². The Kier molecular flexibility index (Phi) is 21.0. The normalized spacial score (nSPS) is 11.8. The fraction of sp³-hybridized carbons (Fsp3) is 0.500.